The monoisotopic (exact) mass is 210 g/mol. The lowest BCUT2D eigenvalue weighted by atomic mass is 10.1. The fraction of sp³-hybridized carbons (Fsp3) is 0.364. The van der Waals surface area contributed by atoms with Crippen LogP contribution in [0.5, 0.6) is 11.5 Å². The predicted octanol–water partition coefficient (Wildman–Crippen LogP) is 1.81. The van der Waals surface area contributed by atoms with Crippen LogP contribution in [-0.2, 0) is 11.2 Å². The number of ether oxygens (including phenoxy) is 1. The highest BCUT2D eigenvalue weighted by atomic mass is 16.5. The Morgan fingerprint density at radius 2 is 2.20 bits per heavy atom. The van der Waals surface area contributed by atoms with E-state index in [-0.39, 0.29) is 18.6 Å². The minimum absolute atomic E-state index is 0.0162. The van der Waals surface area contributed by atoms with E-state index in [0.29, 0.717) is 17.9 Å². The molecule has 0 heterocycles. The number of aliphatic carboxylic acids is 1. The van der Waals surface area contributed by atoms with Gasteiger partial charge >= 0.3 is 5.97 Å². The minimum Gasteiger partial charge on any atom is -0.508 e. The number of hydrogen-bond donors (Lipinski definition) is 2. The molecule has 0 spiro atoms. The van der Waals surface area contributed by atoms with Crippen molar-refractivity contribution in [2.24, 2.45) is 0 Å². The number of carboxylic acid groups (broad SMARTS) is 1. The van der Waals surface area contributed by atoms with E-state index in [4.69, 9.17) is 9.84 Å². The molecule has 1 aromatic rings. The van der Waals surface area contributed by atoms with E-state index < -0.39 is 5.97 Å². The van der Waals surface area contributed by atoms with Gasteiger partial charge in [0.15, 0.2) is 0 Å². The maximum absolute atomic E-state index is 10.4. The topological polar surface area (TPSA) is 66.8 Å². The Bertz CT molecular complexity index is 346. The summed E-state index contributed by atoms with van der Waals surface area (Å²) >= 11 is 0. The van der Waals surface area contributed by atoms with Crippen LogP contribution in [0.3, 0.4) is 0 Å². The zero-order valence-electron chi connectivity index (χ0n) is 8.56. The van der Waals surface area contributed by atoms with Crippen molar-refractivity contribution in [3.05, 3.63) is 23.8 Å². The van der Waals surface area contributed by atoms with Crippen LogP contribution in [0.2, 0.25) is 0 Å². The summed E-state index contributed by atoms with van der Waals surface area (Å²) in [6, 6.07) is 4.92. The van der Waals surface area contributed by atoms with Crippen molar-refractivity contribution in [3.8, 4) is 11.5 Å². The average molecular weight is 210 g/mol. The Morgan fingerprint density at radius 3 is 2.80 bits per heavy atom. The van der Waals surface area contributed by atoms with E-state index in [9.17, 15) is 9.90 Å². The molecular weight excluding hydrogens is 196 g/mol. The van der Waals surface area contributed by atoms with Gasteiger partial charge in [0.2, 0.25) is 0 Å². The highest BCUT2D eigenvalue weighted by Crippen LogP contribution is 2.28. The second kappa shape index (κ2) is 5.24. The molecule has 0 amide bonds. The van der Waals surface area contributed by atoms with Gasteiger partial charge in [0.1, 0.15) is 11.5 Å². The zero-order valence-corrected chi connectivity index (χ0v) is 8.56. The zero-order chi connectivity index (χ0) is 11.3. The van der Waals surface area contributed by atoms with Gasteiger partial charge in [-0.1, -0.05) is 6.07 Å². The third kappa shape index (κ3) is 3.16. The van der Waals surface area contributed by atoms with Crippen LogP contribution >= 0.6 is 0 Å². The summed E-state index contributed by atoms with van der Waals surface area (Å²) in [5, 5.41) is 18.1. The molecule has 15 heavy (non-hydrogen) atoms. The summed E-state index contributed by atoms with van der Waals surface area (Å²) in [6.45, 7) is 2.33. The van der Waals surface area contributed by atoms with E-state index in [0.717, 1.165) is 0 Å². The molecule has 0 atom stereocenters. The van der Waals surface area contributed by atoms with Crippen LogP contribution in [0, 0.1) is 0 Å². The number of carbonyl (C=O) groups is 1. The van der Waals surface area contributed by atoms with E-state index in [1.807, 2.05) is 6.92 Å². The van der Waals surface area contributed by atoms with Gasteiger partial charge < -0.3 is 14.9 Å². The van der Waals surface area contributed by atoms with Gasteiger partial charge in [0.25, 0.3) is 0 Å². The molecule has 0 aliphatic heterocycles. The Morgan fingerprint density at radius 1 is 1.47 bits per heavy atom. The van der Waals surface area contributed by atoms with E-state index in [1.165, 1.54) is 6.07 Å². The van der Waals surface area contributed by atoms with Crippen LogP contribution in [0.15, 0.2) is 18.2 Å². The largest absolute Gasteiger partial charge is 0.508 e. The van der Waals surface area contributed by atoms with Crippen LogP contribution in [0.4, 0.5) is 0 Å². The molecule has 4 nitrogen and oxygen atoms in total. The first-order chi connectivity index (χ1) is 7.15. The Hall–Kier alpha value is -1.71. The summed E-state index contributed by atoms with van der Waals surface area (Å²) in [5.41, 5.74) is 0.557. The number of benzene rings is 1. The first-order valence-corrected chi connectivity index (χ1v) is 4.80. The normalized spacial score (nSPS) is 9.93. The first kappa shape index (κ1) is 11.4. The van der Waals surface area contributed by atoms with Gasteiger partial charge in [-0.25, -0.2) is 0 Å². The highest BCUT2D eigenvalue weighted by molar-refractivity contribution is 5.67. The van der Waals surface area contributed by atoms with Crippen molar-refractivity contribution in [1.82, 2.24) is 0 Å². The second-order valence-electron chi connectivity index (χ2n) is 3.08. The van der Waals surface area contributed by atoms with E-state index in [1.54, 1.807) is 12.1 Å². The van der Waals surface area contributed by atoms with E-state index >= 15 is 0 Å². The highest BCUT2D eigenvalue weighted by Gasteiger charge is 2.10. The second-order valence-corrected chi connectivity index (χ2v) is 3.08. The molecule has 0 saturated heterocycles. The molecule has 0 fully saturated rings. The number of phenols is 1. The summed E-state index contributed by atoms with van der Waals surface area (Å²) in [4.78, 5) is 10.4. The number of rotatable bonds is 5. The van der Waals surface area contributed by atoms with E-state index in [2.05, 4.69) is 0 Å². The lowest BCUT2D eigenvalue weighted by molar-refractivity contribution is -0.136. The smallest absolute Gasteiger partial charge is 0.303 e. The predicted molar refractivity (Wildman–Crippen MR) is 55.2 cm³/mol. The quantitative estimate of drug-likeness (QED) is 0.777. The van der Waals surface area contributed by atoms with Gasteiger partial charge in [0.05, 0.1) is 6.61 Å². The van der Waals surface area contributed by atoms with Crippen LogP contribution in [0.1, 0.15) is 18.9 Å². The van der Waals surface area contributed by atoms with Crippen LogP contribution < -0.4 is 4.74 Å². The number of phenolic OH excluding ortho intramolecular Hbond substituents is 1. The lowest BCUT2D eigenvalue weighted by Gasteiger charge is -2.10. The lowest BCUT2D eigenvalue weighted by Crippen LogP contribution is -2.01. The van der Waals surface area contributed by atoms with Gasteiger partial charge in [-0.15, -0.1) is 0 Å². The number of aromatic hydroxyl groups is 1. The Balaban J connectivity index is 2.86. The third-order valence-electron chi connectivity index (χ3n) is 2.00. The summed E-state index contributed by atoms with van der Waals surface area (Å²) in [7, 11) is 0. The van der Waals surface area contributed by atoms with Gasteiger partial charge in [0, 0.05) is 12.0 Å². The van der Waals surface area contributed by atoms with Crippen LogP contribution in [-0.4, -0.2) is 22.8 Å². The molecule has 0 aromatic heterocycles. The molecular formula is C11H14O4. The summed E-state index contributed by atoms with van der Waals surface area (Å²) in [6.07, 6.45) is 0.259. The molecule has 0 bridgehead atoms. The van der Waals surface area contributed by atoms with Crippen molar-refractivity contribution in [2.75, 3.05) is 6.61 Å². The van der Waals surface area contributed by atoms with Gasteiger partial charge in [-0.05, 0) is 25.5 Å². The SMILES string of the molecule is CCOc1cccc(O)c1CCC(=O)O. The van der Waals surface area contributed by atoms with Crippen molar-refractivity contribution in [2.45, 2.75) is 19.8 Å². The maximum Gasteiger partial charge on any atom is 0.303 e. The molecule has 0 saturated carbocycles. The fourth-order valence-corrected chi connectivity index (χ4v) is 1.33. The molecule has 0 unspecified atom stereocenters. The summed E-state index contributed by atoms with van der Waals surface area (Å²) in [5.74, 6) is -0.248. The summed E-state index contributed by atoms with van der Waals surface area (Å²) < 4.78 is 5.30. The van der Waals surface area contributed by atoms with Crippen molar-refractivity contribution >= 4 is 5.97 Å². The Labute approximate surface area is 88.1 Å². The third-order valence-corrected chi connectivity index (χ3v) is 2.00. The van der Waals surface area contributed by atoms with Crippen molar-refractivity contribution in [3.63, 3.8) is 0 Å². The molecule has 4 heteroatoms. The molecule has 1 rings (SSSR count). The molecule has 0 aliphatic carbocycles. The van der Waals surface area contributed by atoms with Gasteiger partial charge in [-0.3, -0.25) is 4.79 Å². The average Bonchev–Trinajstić information content (AvgIpc) is 2.17. The minimum atomic E-state index is -0.888. The Kier molecular flexibility index (Phi) is 3.97. The fourth-order valence-electron chi connectivity index (χ4n) is 1.33. The molecule has 1 aromatic carbocycles. The van der Waals surface area contributed by atoms with Gasteiger partial charge in [-0.2, -0.15) is 0 Å². The maximum atomic E-state index is 10.4. The molecule has 0 aliphatic rings. The molecule has 0 radical (unpaired) electrons. The number of hydrogen-bond acceptors (Lipinski definition) is 3. The first-order valence-electron chi connectivity index (χ1n) is 4.80. The number of carboxylic acids is 1. The molecule has 2 N–H and O–H groups in total. The van der Waals surface area contributed by atoms with Crippen molar-refractivity contribution < 1.29 is 19.7 Å². The standard InChI is InChI=1S/C11H14O4/c1-2-15-10-5-3-4-9(12)8(10)6-7-11(13)14/h3-5,12H,2,6-7H2,1H3,(H,13,14). The van der Waals surface area contributed by atoms with Crippen molar-refractivity contribution in [1.29, 1.82) is 0 Å². The van der Waals surface area contributed by atoms with Crippen LogP contribution in [0.25, 0.3) is 0 Å². The molecule has 82 valence electrons.